The van der Waals surface area contributed by atoms with Crippen molar-refractivity contribution in [3.63, 3.8) is 0 Å². The monoisotopic (exact) mass is 1070 g/mol. The Morgan fingerprint density at radius 3 is 1.24 bits per heavy atom. The zero-order valence-electron chi connectivity index (χ0n) is 49.7. The van der Waals surface area contributed by atoms with Crippen molar-refractivity contribution in [2.75, 3.05) is 40.9 Å². The molecule has 8 nitrogen and oxygen atoms in total. The first-order valence-corrected chi connectivity index (χ1v) is 32.9. The smallest absolute Gasteiger partial charge is 0.268 e. The fourth-order valence-corrected chi connectivity index (χ4v) is 9.67. The van der Waals surface area contributed by atoms with E-state index in [2.05, 4.69) is 92.1 Å². The van der Waals surface area contributed by atoms with Crippen molar-refractivity contribution < 1.29 is 32.9 Å². The molecule has 75 heavy (non-hydrogen) atoms. The lowest BCUT2D eigenvalue weighted by atomic mass is 10.0. The van der Waals surface area contributed by atoms with E-state index in [1.165, 1.54) is 173 Å². The molecule has 0 saturated carbocycles. The van der Waals surface area contributed by atoms with Gasteiger partial charge in [0.2, 0.25) is 5.91 Å². The topological polar surface area (TPSA) is 108 Å². The van der Waals surface area contributed by atoms with Gasteiger partial charge < -0.3 is 28.8 Å². The third kappa shape index (κ3) is 59.2. The van der Waals surface area contributed by atoms with Gasteiger partial charge in [-0.2, -0.15) is 0 Å². The van der Waals surface area contributed by atoms with E-state index >= 15 is 0 Å². The lowest BCUT2D eigenvalue weighted by molar-refractivity contribution is -0.870. The maximum absolute atomic E-state index is 13.0. The minimum atomic E-state index is -4.62. The minimum absolute atomic E-state index is 0.0146. The van der Waals surface area contributed by atoms with Gasteiger partial charge in [-0.3, -0.25) is 9.36 Å². The molecule has 0 aromatic rings. The van der Waals surface area contributed by atoms with Crippen LogP contribution in [-0.2, 0) is 18.4 Å². The lowest BCUT2D eigenvalue weighted by Crippen LogP contribution is -2.45. The zero-order valence-corrected chi connectivity index (χ0v) is 50.6. The number of unbranched alkanes of at least 4 members (excludes halogenated alkanes) is 32. The van der Waals surface area contributed by atoms with Crippen molar-refractivity contribution in [3.05, 3.63) is 85.1 Å². The number of phosphoric acid groups is 1. The summed E-state index contributed by atoms with van der Waals surface area (Å²) in [6, 6.07) is -0.921. The first kappa shape index (κ1) is 72.7. The molecule has 3 atom stereocenters. The van der Waals surface area contributed by atoms with Crippen LogP contribution in [0.3, 0.4) is 0 Å². The summed E-state index contributed by atoms with van der Waals surface area (Å²) in [5.74, 6) is -0.221. The largest absolute Gasteiger partial charge is 0.756 e. The average Bonchev–Trinajstić information content (AvgIpc) is 3.37. The Morgan fingerprint density at radius 1 is 0.480 bits per heavy atom. The number of likely N-dealkylation sites (N-methyl/N-ethyl adjacent to an activating group) is 1. The van der Waals surface area contributed by atoms with Gasteiger partial charge in [-0.05, 0) is 83.5 Å². The SMILES string of the molecule is CC/C=C\C/C=C\C/C=C\C/C=C\CCCCCCCCCCC(=O)NC(COP(=O)([O-])OCC[N+](C)(C)C)C(O)/C=C/CC/C=C/CC/C=C/CCCCCCCCCCCCCCCCCCCCCCCC. The van der Waals surface area contributed by atoms with Crippen LogP contribution in [0.15, 0.2) is 85.1 Å². The number of hydrogen-bond acceptors (Lipinski definition) is 6. The van der Waals surface area contributed by atoms with E-state index in [9.17, 15) is 19.4 Å². The second kappa shape index (κ2) is 56.4. The van der Waals surface area contributed by atoms with Crippen molar-refractivity contribution in [1.29, 1.82) is 0 Å². The van der Waals surface area contributed by atoms with E-state index in [0.29, 0.717) is 17.4 Å². The van der Waals surface area contributed by atoms with E-state index in [0.717, 1.165) is 83.5 Å². The number of allylic oxidation sites excluding steroid dienone is 13. The number of rotatable bonds is 57. The van der Waals surface area contributed by atoms with Crippen molar-refractivity contribution in [2.24, 2.45) is 0 Å². The number of quaternary nitrogens is 1. The molecule has 3 unspecified atom stereocenters. The minimum Gasteiger partial charge on any atom is -0.756 e. The molecule has 9 heteroatoms. The van der Waals surface area contributed by atoms with Gasteiger partial charge in [0.25, 0.3) is 7.82 Å². The first-order chi connectivity index (χ1) is 36.5. The number of amides is 1. The Labute approximate surface area is 465 Å². The van der Waals surface area contributed by atoms with Crippen LogP contribution in [0.25, 0.3) is 0 Å². The van der Waals surface area contributed by atoms with Crippen molar-refractivity contribution in [3.8, 4) is 0 Å². The maximum atomic E-state index is 13.0. The van der Waals surface area contributed by atoms with Crippen LogP contribution in [0.2, 0.25) is 0 Å². The Kier molecular flexibility index (Phi) is 54.7. The summed E-state index contributed by atoms with van der Waals surface area (Å²) in [5.41, 5.74) is 0. The predicted octanol–water partition coefficient (Wildman–Crippen LogP) is 19.0. The summed E-state index contributed by atoms with van der Waals surface area (Å²) in [4.78, 5) is 25.5. The molecule has 0 aromatic carbocycles. The molecule has 0 spiro atoms. The highest BCUT2D eigenvalue weighted by molar-refractivity contribution is 7.45. The van der Waals surface area contributed by atoms with Gasteiger partial charge in [-0.25, -0.2) is 0 Å². The summed E-state index contributed by atoms with van der Waals surface area (Å²) in [6.07, 6.45) is 79.8. The Morgan fingerprint density at radius 2 is 0.827 bits per heavy atom. The highest BCUT2D eigenvalue weighted by Gasteiger charge is 2.23. The third-order valence-corrected chi connectivity index (χ3v) is 14.8. The fourth-order valence-electron chi connectivity index (χ4n) is 8.94. The van der Waals surface area contributed by atoms with Crippen LogP contribution in [0, 0.1) is 0 Å². The summed E-state index contributed by atoms with van der Waals surface area (Å²) in [7, 11) is 1.22. The van der Waals surface area contributed by atoms with Crippen LogP contribution in [0.1, 0.15) is 277 Å². The van der Waals surface area contributed by atoms with Crippen molar-refractivity contribution >= 4 is 13.7 Å². The molecule has 0 aliphatic heterocycles. The number of carbonyl (C=O) groups excluding carboxylic acids is 1. The normalized spacial score (nSPS) is 14.4. The number of hydrogen-bond donors (Lipinski definition) is 2. The van der Waals surface area contributed by atoms with E-state index in [-0.39, 0.29) is 12.5 Å². The Bertz CT molecular complexity index is 1500. The summed E-state index contributed by atoms with van der Waals surface area (Å²) in [5, 5.41) is 13.9. The fraction of sp³-hybridized carbons (Fsp3) is 0.773. The van der Waals surface area contributed by atoms with E-state index in [1.807, 2.05) is 27.2 Å². The highest BCUT2D eigenvalue weighted by atomic mass is 31.2. The first-order valence-electron chi connectivity index (χ1n) is 31.4. The van der Waals surface area contributed by atoms with Gasteiger partial charge in [0.1, 0.15) is 13.2 Å². The highest BCUT2D eigenvalue weighted by Crippen LogP contribution is 2.38. The molecule has 0 radical (unpaired) electrons. The van der Waals surface area contributed by atoms with Gasteiger partial charge in [0.05, 0.1) is 39.9 Å². The van der Waals surface area contributed by atoms with Crippen molar-refractivity contribution in [2.45, 2.75) is 289 Å². The molecule has 0 fully saturated rings. The van der Waals surface area contributed by atoms with Gasteiger partial charge in [0.15, 0.2) is 0 Å². The van der Waals surface area contributed by atoms with Gasteiger partial charge in [0, 0.05) is 6.42 Å². The summed E-state index contributed by atoms with van der Waals surface area (Å²) < 4.78 is 23.4. The molecular formula is C66H121N2O6P. The van der Waals surface area contributed by atoms with Crippen LogP contribution >= 0.6 is 7.82 Å². The molecule has 0 heterocycles. The summed E-state index contributed by atoms with van der Waals surface area (Å²) in [6.45, 7) is 4.52. The summed E-state index contributed by atoms with van der Waals surface area (Å²) >= 11 is 0. The molecule has 0 rings (SSSR count). The average molecular weight is 1070 g/mol. The molecular weight excluding hydrogens is 948 g/mol. The number of aliphatic hydroxyl groups is 1. The molecule has 2 N–H and O–H groups in total. The molecule has 1 amide bonds. The molecule has 0 saturated heterocycles. The van der Waals surface area contributed by atoms with Gasteiger partial charge in [-0.1, -0.05) is 272 Å². The number of phosphoric ester groups is 1. The Balaban J connectivity index is 4.21. The van der Waals surface area contributed by atoms with Gasteiger partial charge in [-0.15, -0.1) is 0 Å². The molecule has 436 valence electrons. The van der Waals surface area contributed by atoms with Crippen LogP contribution in [0.5, 0.6) is 0 Å². The second-order valence-electron chi connectivity index (χ2n) is 22.4. The van der Waals surface area contributed by atoms with Crippen LogP contribution in [-0.4, -0.2) is 68.5 Å². The maximum Gasteiger partial charge on any atom is 0.268 e. The van der Waals surface area contributed by atoms with Crippen LogP contribution < -0.4 is 10.2 Å². The molecule has 0 aliphatic carbocycles. The number of nitrogens with zero attached hydrogens (tertiary/aromatic N) is 1. The number of carbonyl (C=O) groups is 1. The standard InChI is InChI=1S/C66H121N2O6P/c1-6-8-10-12-14-16-18-20-22-24-26-28-29-30-31-32-33-34-35-36-37-38-40-41-43-45-47-49-51-53-55-57-59-65(69)64(63-74-75(71,72)73-62-61-68(3,4)5)67-66(70)60-58-56-54-52-50-48-46-44-42-39-27-25-23-21-19-17-15-13-11-9-7-2/h9,11,15,17,21,23,27,39,41,43,49,51,57,59,64-65,69H,6-8,10,12-14,16,18-20,22,24-26,28-38,40,42,44-48,50,52-56,58,60-63H2,1-5H3,(H-,67,70,71,72)/b11-9-,17-15-,23-21-,39-27-,43-41+,51-49+,59-57+. The Hall–Kier alpha value is -2.32. The van der Waals surface area contributed by atoms with E-state index in [4.69, 9.17) is 9.05 Å². The van der Waals surface area contributed by atoms with Crippen molar-refractivity contribution in [1.82, 2.24) is 5.32 Å². The zero-order chi connectivity index (χ0) is 54.9. The lowest BCUT2D eigenvalue weighted by Gasteiger charge is -2.29. The third-order valence-electron chi connectivity index (χ3n) is 13.8. The number of aliphatic hydroxyl groups excluding tert-OH is 1. The molecule has 0 aromatic heterocycles. The number of nitrogens with one attached hydrogen (secondary N) is 1. The molecule has 0 aliphatic rings. The predicted molar refractivity (Wildman–Crippen MR) is 325 cm³/mol. The van der Waals surface area contributed by atoms with Gasteiger partial charge >= 0.3 is 0 Å². The van der Waals surface area contributed by atoms with E-state index in [1.54, 1.807) is 6.08 Å². The quantitative estimate of drug-likeness (QED) is 0.0272. The molecule has 0 bridgehead atoms. The van der Waals surface area contributed by atoms with E-state index < -0.39 is 26.6 Å². The van der Waals surface area contributed by atoms with Crippen LogP contribution in [0.4, 0.5) is 0 Å². The second-order valence-corrected chi connectivity index (χ2v) is 23.8.